The smallest absolute Gasteiger partial charge is 0.234 e. The highest BCUT2D eigenvalue weighted by atomic mass is 35.5. The summed E-state index contributed by atoms with van der Waals surface area (Å²) in [6.45, 7) is 5.36. The number of amides is 1. The molecule has 19 heavy (non-hydrogen) atoms. The van der Waals surface area contributed by atoms with Gasteiger partial charge < -0.3 is 11.1 Å². The molecule has 1 amide bonds. The van der Waals surface area contributed by atoms with Crippen LogP contribution in [-0.2, 0) is 17.9 Å². The van der Waals surface area contributed by atoms with Gasteiger partial charge in [0, 0.05) is 24.2 Å². The molecular weight excluding hydrogens is 262 g/mol. The maximum Gasteiger partial charge on any atom is 0.234 e. The summed E-state index contributed by atoms with van der Waals surface area (Å²) in [5.74, 6) is 0.0206. The molecule has 0 aromatic heterocycles. The largest absolute Gasteiger partial charge is 0.353 e. The second-order valence-corrected chi connectivity index (χ2v) is 5.43. The van der Waals surface area contributed by atoms with Gasteiger partial charge >= 0.3 is 0 Å². The minimum atomic E-state index is 0.0206. The summed E-state index contributed by atoms with van der Waals surface area (Å²) in [6, 6.07) is 5.96. The molecule has 1 aromatic carbocycles. The van der Waals surface area contributed by atoms with Crippen LogP contribution in [0.1, 0.15) is 25.0 Å². The van der Waals surface area contributed by atoms with Gasteiger partial charge in [0.15, 0.2) is 0 Å². The van der Waals surface area contributed by atoms with Crippen molar-refractivity contribution in [3.05, 3.63) is 34.3 Å². The molecule has 0 aliphatic heterocycles. The van der Waals surface area contributed by atoms with E-state index in [0.29, 0.717) is 24.7 Å². The normalized spacial score (nSPS) is 11.1. The number of hydrogen-bond acceptors (Lipinski definition) is 3. The van der Waals surface area contributed by atoms with Gasteiger partial charge in [-0.15, -0.1) is 0 Å². The lowest BCUT2D eigenvalue weighted by Crippen LogP contribution is -2.38. The highest BCUT2D eigenvalue weighted by Crippen LogP contribution is 2.19. The molecule has 0 atom stereocenters. The quantitative estimate of drug-likeness (QED) is 0.836. The van der Waals surface area contributed by atoms with E-state index in [4.69, 9.17) is 17.3 Å². The number of benzene rings is 1. The van der Waals surface area contributed by atoms with Gasteiger partial charge in [0.05, 0.1) is 6.54 Å². The van der Waals surface area contributed by atoms with Gasteiger partial charge in [-0.2, -0.15) is 0 Å². The zero-order valence-corrected chi connectivity index (χ0v) is 12.5. The van der Waals surface area contributed by atoms with Crippen LogP contribution in [0, 0.1) is 0 Å². The average Bonchev–Trinajstić information content (AvgIpc) is 2.30. The lowest BCUT2D eigenvalue weighted by Gasteiger charge is -2.18. The lowest BCUT2D eigenvalue weighted by molar-refractivity contribution is -0.122. The van der Waals surface area contributed by atoms with Crippen molar-refractivity contribution in [1.82, 2.24) is 10.2 Å². The first-order valence-electron chi connectivity index (χ1n) is 6.37. The summed E-state index contributed by atoms with van der Waals surface area (Å²) in [6.07, 6.45) is 0. The number of nitrogens with one attached hydrogen (secondary N) is 1. The molecule has 0 radical (unpaired) electrons. The number of likely N-dealkylation sites (N-methyl/N-ethyl adjacent to an activating group) is 1. The van der Waals surface area contributed by atoms with Crippen LogP contribution >= 0.6 is 11.6 Å². The van der Waals surface area contributed by atoms with E-state index in [-0.39, 0.29) is 11.9 Å². The number of nitrogens with zero attached hydrogens (tertiary/aromatic N) is 1. The first-order valence-corrected chi connectivity index (χ1v) is 6.75. The standard InChI is InChI=1S/C14H22ClN3O/c1-10(2)17-14(19)9-18(3)8-12-5-4-11(7-16)6-13(12)15/h4-6,10H,7-9,16H2,1-3H3,(H,17,19). The molecule has 0 bridgehead atoms. The summed E-state index contributed by atoms with van der Waals surface area (Å²) in [7, 11) is 1.90. The topological polar surface area (TPSA) is 58.4 Å². The van der Waals surface area contributed by atoms with E-state index in [1.54, 1.807) is 0 Å². The number of rotatable bonds is 6. The number of carbonyl (C=O) groups is 1. The van der Waals surface area contributed by atoms with Crippen molar-refractivity contribution in [3.8, 4) is 0 Å². The van der Waals surface area contributed by atoms with E-state index in [2.05, 4.69) is 5.32 Å². The van der Waals surface area contributed by atoms with Crippen LogP contribution < -0.4 is 11.1 Å². The third-order valence-electron chi connectivity index (χ3n) is 2.66. The predicted molar refractivity (Wildman–Crippen MR) is 79.0 cm³/mol. The SMILES string of the molecule is CC(C)NC(=O)CN(C)Cc1ccc(CN)cc1Cl. The van der Waals surface area contributed by atoms with Crippen LogP contribution in [0.4, 0.5) is 0 Å². The molecule has 0 aliphatic carbocycles. The Morgan fingerprint density at radius 3 is 2.68 bits per heavy atom. The summed E-state index contributed by atoms with van der Waals surface area (Å²) in [5.41, 5.74) is 7.57. The highest BCUT2D eigenvalue weighted by molar-refractivity contribution is 6.31. The number of carbonyl (C=O) groups excluding carboxylic acids is 1. The molecule has 0 fully saturated rings. The Balaban J connectivity index is 2.57. The van der Waals surface area contributed by atoms with Crippen LogP contribution in [0.3, 0.4) is 0 Å². The molecule has 5 heteroatoms. The molecule has 0 aliphatic rings. The van der Waals surface area contributed by atoms with Crippen LogP contribution in [0.5, 0.6) is 0 Å². The van der Waals surface area contributed by atoms with Crippen molar-refractivity contribution in [2.24, 2.45) is 5.73 Å². The Labute approximate surface area is 119 Å². The second-order valence-electron chi connectivity index (χ2n) is 5.02. The fourth-order valence-corrected chi connectivity index (χ4v) is 2.07. The highest BCUT2D eigenvalue weighted by Gasteiger charge is 2.10. The van der Waals surface area contributed by atoms with Crippen LogP contribution in [-0.4, -0.2) is 30.4 Å². The van der Waals surface area contributed by atoms with Gasteiger partial charge in [0.25, 0.3) is 0 Å². The number of halogens is 1. The Bertz CT molecular complexity index is 435. The summed E-state index contributed by atoms with van der Waals surface area (Å²) in [4.78, 5) is 13.6. The molecule has 106 valence electrons. The molecule has 0 saturated carbocycles. The van der Waals surface area contributed by atoms with Crippen molar-refractivity contribution >= 4 is 17.5 Å². The Hall–Kier alpha value is -1.10. The van der Waals surface area contributed by atoms with Crippen molar-refractivity contribution in [2.75, 3.05) is 13.6 Å². The monoisotopic (exact) mass is 283 g/mol. The summed E-state index contributed by atoms with van der Waals surface area (Å²) < 4.78 is 0. The zero-order valence-electron chi connectivity index (χ0n) is 11.7. The van der Waals surface area contributed by atoms with Gasteiger partial charge in [-0.05, 0) is 38.1 Å². The number of hydrogen-bond donors (Lipinski definition) is 2. The van der Waals surface area contributed by atoms with E-state index in [1.165, 1.54) is 0 Å². The first-order chi connectivity index (χ1) is 8.92. The molecule has 4 nitrogen and oxygen atoms in total. The van der Waals surface area contributed by atoms with E-state index in [1.807, 2.05) is 44.0 Å². The van der Waals surface area contributed by atoms with Gasteiger partial charge in [-0.3, -0.25) is 9.69 Å². The third kappa shape index (κ3) is 5.59. The fraction of sp³-hybridized carbons (Fsp3) is 0.500. The molecule has 0 unspecified atom stereocenters. The van der Waals surface area contributed by atoms with Crippen molar-refractivity contribution in [1.29, 1.82) is 0 Å². The third-order valence-corrected chi connectivity index (χ3v) is 3.01. The average molecular weight is 284 g/mol. The molecule has 1 rings (SSSR count). The molecule has 1 aromatic rings. The van der Waals surface area contributed by atoms with Crippen LogP contribution in [0.25, 0.3) is 0 Å². The van der Waals surface area contributed by atoms with Crippen molar-refractivity contribution in [3.63, 3.8) is 0 Å². The maximum atomic E-state index is 11.6. The van der Waals surface area contributed by atoms with Crippen molar-refractivity contribution in [2.45, 2.75) is 33.0 Å². The van der Waals surface area contributed by atoms with E-state index >= 15 is 0 Å². The zero-order chi connectivity index (χ0) is 14.4. The minimum absolute atomic E-state index is 0.0206. The fourth-order valence-electron chi connectivity index (χ4n) is 1.81. The van der Waals surface area contributed by atoms with Crippen molar-refractivity contribution < 1.29 is 4.79 Å². The van der Waals surface area contributed by atoms with Gasteiger partial charge in [0.1, 0.15) is 0 Å². The maximum absolute atomic E-state index is 11.6. The Morgan fingerprint density at radius 2 is 2.16 bits per heavy atom. The molecule has 0 saturated heterocycles. The molecule has 3 N–H and O–H groups in total. The van der Waals surface area contributed by atoms with Crippen LogP contribution in [0.2, 0.25) is 5.02 Å². The van der Waals surface area contributed by atoms with E-state index in [9.17, 15) is 4.79 Å². The second kappa shape index (κ2) is 7.48. The molecule has 0 heterocycles. The molecular formula is C14H22ClN3O. The number of nitrogens with two attached hydrogens (primary N) is 1. The molecule has 0 spiro atoms. The lowest BCUT2D eigenvalue weighted by atomic mass is 10.1. The van der Waals surface area contributed by atoms with Gasteiger partial charge in [0.2, 0.25) is 5.91 Å². The van der Waals surface area contributed by atoms with Crippen LogP contribution in [0.15, 0.2) is 18.2 Å². The predicted octanol–water partition coefficient (Wildman–Crippen LogP) is 1.76. The first kappa shape index (κ1) is 16.0. The van der Waals surface area contributed by atoms with E-state index in [0.717, 1.165) is 11.1 Å². The minimum Gasteiger partial charge on any atom is -0.353 e. The van der Waals surface area contributed by atoms with Gasteiger partial charge in [-0.25, -0.2) is 0 Å². The summed E-state index contributed by atoms with van der Waals surface area (Å²) >= 11 is 6.19. The Morgan fingerprint density at radius 1 is 1.47 bits per heavy atom. The van der Waals surface area contributed by atoms with E-state index < -0.39 is 0 Å². The summed E-state index contributed by atoms with van der Waals surface area (Å²) in [5, 5.41) is 3.56. The van der Waals surface area contributed by atoms with Gasteiger partial charge in [-0.1, -0.05) is 23.7 Å². The Kier molecular flexibility index (Phi) is 6.28.